The molecule has 0 bridgehead atoms. The maximum atomic E-state index is 5.40. The molecule has 1 aromatic carbocycles. The highest BCUT2D eigenvalue weighted by atomic mass is 16.5. The van der Waals surface area contributed by atoms with Gasteiger partial charge in [0.15, 0.2) is 0 Å². The summed E-state index contributed by atoms with van der Waals surface area (Å²) in [5.41, 5.74) is 1.09. The van der Waals surface area contributed by atoms with Crippen molar-refractivity contribution in [2.45, 2.75) is 19.9 Å². The topological polar surface area (TPSA) is 30.5 Å². The van der Waals surface area contributed by atoms with E-state index in [2.05, 4.69) is 19.2 Å². The fraction of sp³-hybridized carbons (Fsp3) is 0.538. The van der Waals surface area contributed by atoms with Gasteiger partial charge in [-0.3, -0.25) is 0 Å². The molecule has 0 heterocycles. The number of rotatable bonds is 5. The molecule has 0 spiro atoms. The number of ether oxygens (including phenoxy) is 2. The molecule has 90 valence electrons. The number of methoxy groups -OCH3 is 2. The van der Waals surface area contributed by atoms with Gasteiger partial charge in [-0.2, -0.15) is 0 Å². The first kappa shape index (κ1) is 12.8. The SMILES string of the molecule is CNC(c1c(OC)cccc1OC)C(C)C. The molecule has 0 aliphatic rings. The van der Waals surface area contributed by atoms with Crippen molar-refractivity contribution in [3.05, 3.63) is 23.8 Å². The highest BCUT2D eigenvalue weighted by molar-refractivity contribution is 5.47. The molecule has 0 radical (unpaired) electrons. The lowest BCUT2D eigenvalue weighted by Gasteiger charge is -2.24. The Morgan fingerprint density at radius 2 is 1.56 bits per heavy atom. The molecule has 1 aromatic rings. The molecule has 3 heteroatoms. The van der Waals surface area contributed by atoms with E-state index >= 15 is 0 Å². The van der Waals surface area contributed by atoms with Crippen molar-refractivity contribution in [3.63, 3.8) is 0 Å². The van der Waals surface area contributed by atoms with Gasteiger partial charge in [0, 0.05) is 6.04 Å². The Bertz CT molecular complexity index is 314. The van der Waals surface area contributed by atoms with Crippen LogP contribution < -0.4 is 14.8 Å². The summed E-state index contributed by atoms with van der Waals surface area (Å²) in [6, 6.07) is 6.09. The smallest absolute Gasteiger partial charge is 0.127 e. The van der Waals surface area contributed by atoms with Crippen LogP contribution in [-0.2, 0) is 0 Å². The van der Waals surface area contributed by atoms with Crippen molar-refractivity contribution in [2.75, 3.05) is 21.3 Å². The van der Waals surface area contributed by atoms with Crippen LogP contribution in [0.2, 0.25) is 0 Å². The standard InChI is InChI=1S/C13H21NO2/c1-9(2)13(14-3)12-10(15-4)7-6-8-11(12)16-5/h6-9,13-14H,1-5H3. The molecule has 0 saturated carbocycles. The van der Waals surface area contributed by atoms with Gasteiger partial charge < -0.3 is 14.8 Å². The Hall–Kier alpha value is -1.22. The van der Waals surface area contributed by atoms with Crippen molar-refractivity contribution < 1.29 is 9.47 Å². The van der Waals surface area contributed by atoms with Gasteiger partial charge >= 0.3 is 0 Å². The van der Waals surface area contributed by atoms with Crippen LogP contribution in [0.1, 0.15) is 25.5 Å². The molecule has 0 aliphatic carbocycles. The van der Waals surface area contributed by atoms with Gasteiger partial charge in [-0.05, 0) is 25.1 Å². The number of hydrogen-bond acceptors (Lipinski definition) is 3. The summed E-state index contributed by atoms with van der Waals surface area (Å²) in [6.45, 7) is 4.35. The summed E-state index contributed by atoms with van der Waals surface area (Å²) >= 11 is 0. The van der Waals surface area contributed by atoms with Crippen LogP contribution in [0.15, 0.2) is 18.2 Å². The second-order valence-corrected chi connectivity index (χ2v) is 4.09. The van der Waals surface area contributed by atoms with E-state index in [0.29, 0.717) is 5.92 Å². The second kappa shape index (κ2) is 5.75. The van der Waals surface area contributed by atoms with Gasteiger partial charge in [-0.15, -0.1) is 0 Å². The first-order valence-corrected chi connectivity index (χ1v) is 5.53. The van der Waals surface area contributed by atoms with Crippen LogP contribution in [0.4, 0.5) is 0 Å². The Morgan fingerprint density at radius 3 is 1.88 bits per heavy atom. The summed E-state index contributed by atoms with van der Waals surface area (Å²) in [5, 5.41) is 3.31. The fourth-order valence-corrected chi connectivity index (χ4v) is 2.00. The van der Waals surface area contributed by atoms with Gasteiger partial charge in [0.1, 0.15) is 11.5 Å². The van der Waals surface area contributed by atoms with Crippen LogP contribution in [0.5, 0.6) is 11.5 Å². The quantitative estimate of drug-likeness (QED) is 0.832. The highest BCUT2D eigenvalue weighted by Gasteiger charge is 2.21. The Balaban J connectivity index is 3.26. The second-order valence-electron chi connectivity index (χ2n) is 4.09. The van der Waals surface area contributed by atoms with E-state index in [1.54, 1.807) is 14.2 Å². The molecule has 1 atom stereocenters. The molecule has 0 amide bonds. The molecule has 16 heavy (non-hydrogen) atoms. The summed E-state index contributed by atoms with van der Waals surface area (Å²) < 4.78 is 10.8. The molecule has 1 unspecified atom stereocenters. The van der Waals surface area contributed by atoms with E-state index < -0.39 is 0 Å². The normalized spacial score (nSPS) is 12.6. The molecule has 0 aromatic heterocycles. The van der Waals surface area contributed by atoms with E-state index in [4.69, 9.17) is 9.47 Å². The molecule has 0 fully saturated rings. The minimum atomic E-state index is 0.228. The zero-order valence-electron chi connectivity index (χ0n) is 10.7. The summed E-state index contributed by atoms with van der Waals surface area (Å²) in [6.07, 6.45) is 0. The summed E-state index contributed by atoms with van der Waals surface area (Å²) in [7, 11) is 5.33. The summed E-state index contributed by atoms with van der Waals surface area (Å²) in [5.74, 6) is 2.20. The van der Waals surface area contributed by atoms with Crippen molar-refractivity contribution in [1.82, 2.24) is 5.32 Å². The van der Waals surface area contributed by atoms with Crippen molar-refractivity contribution in [3.8, 4) is 11.5 Å². The third-order valence-electron chi connectivity index (χ3n) is 2.75. The van der Waals surface area contributed by atoms with Gasteiger partial charge in [0.2, 0.25) is 0 Å². The Kier molecular flexibility index (Phi) is 4.62. The lowest BCUT2D eigenvalue weighted by Crippen LogP contribution is -2.23. The average molecular weight is 223 g/mol. The summed E-state index contributed by atoms with van der Waals surface area (Å²) in [4.78, 5) is 0. The molecule has 0 saturated heterocycles. The van der Waals surface area contributed by atoms with E-state index in [1.807, 2.05) is 25.2 Å². The van der Waals surface area contributed by atoms with Gasteiger partial charge in [-0.25, -0.2) is 0 Å². The molecule has 0 aliphatic heterocycles. The molecule has 3 nitrogen and oxygen atoms in total. The molecule has 1 rings (SSSR count). The largest absolute Gasteiger partial charge is 0.496 e. The number of benzene rings is 1. The van der Waals surface area contributed by atoms with Gasteiger partial charge in [-0.1, -0.05) is 19.9 Å². The zero-order chi connectivity index (χ0) is 12.1. The molecular weight excluding hydrogens is 202 g/mol. The average Bonchev–Trinajstić information content (AvgIpc) is 2.29. The lowest BCUT2D eigenvalue weighted by molar-refractivity contribution is 0.353. The van der Waals surface area contributed by atoms with E-state index in [9.17, 15) is 0 Å². The van der Waals surface area contributed by atoms with Crippen LogP contribution >= 0.6 is 0 Å². The van der Waals surface area contributed by atoms with E-state index in [0.717, 1.165) is 17.1 Å². The van der Waals surface area contributed by atoms with Gasteiger partial charge in [0.05, 0.1) is 19.8 Å². The first-order valence-electron chi connectivity index (χ1n) is 5.53. The predicted octanol–water partition coefficient (Wildman–Crippen LogP) is 2.62. The molecule has 1 N–H and O–H groups in total. The van der Waals surface area contributed by atoms with E-state index in [-0.39, 0.29) is 6.04 Å². The third kappa shape index (κ3) is 2.47. The minimum Gasteiger partial charge on any atom is -0.496 e. The number of hydrogen-bond donors (Lipinski definition) is 1. The predicted molar refractivity (Wildman–Crippen MR) is 66.2 cm³/mol. The Labute approximate surface area is 97.8 Å². The van der Waals surface area contributed by atoms with Crippen LogP contribution in [0, 0.1) is 5.92 Å². The van der Waals surface area contributed by atoms with Crippen molar-refractivity contribution in [1.29, 1.82) is 0 Å². The maximum absolute atomic E-state index is 5.40. The number of nitrogens with one attached hydrogen (secondary N) is 1. The van der Waals surface area contributed by atoms with Crippen LogP contribution in [0.3, 0.4) is 0 Å². The van der Waals surface area contributed by atoms with Crippen LogP contribution in [-0.4, -0.2) is 21.3 Å². The highest BCUT2D eigenvalue weighted by Crippen LogP contribution is 2.36. The van der Waals surface area contributed by atoms with Crippen molar-refractivity contribution >= 4 is 0 Å². The first-order chi connectivity index (χ1) is 7.65. The van der Waals surface area contributed by atoms with E-state index in [1.165, 1.54) is 0 Å². The maximum Gasteiger partial charge on any atom is 0.127 e. The van der Waals surface area contributed by atoms with Crippen LogP contribution in [0.25, 0.3) is 0 Å². The zero-order valence-corrected chi connectivity index (χ0v) is 10.7. The monoisotopic (exact) mass is 223 g/mol. The Morgan fingerprint density at radius 1 is 1.06 bits per heavy atom. The molecular formula is C13H21NO2. The van der Waals surface area contributed by atoms with Crippen molar-refractivity contribution in [2.24, 2.45) is 5.92 Å². The fourth-order valence-electron chi connectivity index (χ4n) is 2.00. The van der Waals surface area contributed by atoms with Gasteiger partial charge in [0.25, 0.3) is 0 Å². The lowest BCUT2D eigenvalue weighted by atomic mass is 9.94. The minimum absolute atomic E-state index is 0.228. The third-order valence-corrected chi connectivity index (χ3v) is 2.75.